The number of rotatable bonds is 4. The van der Waals surface area contributed by atoms with Crippen LogP contribution >= 0.6 is 0 Å². The van der Waals surface area contributed by atoms with Crippen molar-refractivity contribution in [3.63, 3.8) is 0 Å². The maximum atomic E-state index is 13.4. The molecule has 3 heterocycles. The Kier molecular flexibility index (Phi) is 5.24. The highest BCUT2D eigenvalue weighted by atomic mass is 19.1. The van der Waals surface area contributed by atoms with E-state index in [0.29, 0.717) is 12.2 Å². The van der Waals surface area contributed by atoms with Gasteiger partial charge in [0.2, 0.25) is 0 Å². The molecule has 168 valence electrons. The van der Waals surface area contributed by atoms with E-state index < -0.39 is 0 Å². The quantitative estimate of drug-likeness (QED) is 0.545. The maximum absolute atomic E-state index is 13.4. The normalized spacial score (nSPS) is 21.1. The van der Waals surface area contributed by atoms with Crippen molar-refractivity contribution >= 4 is 17.7 Å². The molecule has 1 fully saturated rings. The summed E-state index contributed by atoms with van der Waals surface area (Å²) < 4.78 is 26.9. The zero-order chi connectivity index (χ0) is 23.1. The largest absolute Gasteiger partial charge is 0.495 e. The minimum absolute atomic E-state index is 0.0869. The van der Waals surface area contributed by atoms with E-state index in [-0.39, 0.29) is 29.6 Å². The van der Waals surface area contributed by atoms with E-state index in [2.05, 4.69) is 4.98 Å². The molecule has 0 bridgehead atoms. The van der Waals surface area contributed by atoms with Gasteiger partial charge >= 0.3 is 0 Å². The van der Waals surface area contributed by atoms with Crippen LogP contribution in [0, 0.1) is 12.7 Å². The highest BCUT2D eigenvalue weighted by Crippen LogP contribution is 2.38. The predicted molar refractivity (Wildman–Crippen MR) is 123 cm³/mol. The summed E-state index contributed by atoms with van der Waals surface area (Å²) in [5.41, 5.74) is 4.14. The summed E-state index contributed by atoms with van der Waals surface area (Å²) in [5, 5.41) is 0. The smallest absolute Gasteiger partial charge is 0.293 e. The fourth-order valence-electron chi connectivity index (χ4n) is 4.40. The first-order valence-corrected chi connectivity index (χ1v) is 10.8. The van der Waals surface area contributed by atoms with Crippen LogP contribution in [0.5, 0.6) is 5.75 Å². The Bertz CT molecular complexity index is 1280. The molecule has 0 radical (unpaired) electrons. The van der Waals surface area contributed by atoms with Crippen LogP contribution in [0.15, 0.2) is 66.8 Å². The fourth-order valence-corrected chi connectivity index (χ4v) is 4.40. The van der Waals surface area contributed by atoms with E-state index >= 15 is 0 Å². The van der Waals surface area contributed by atoms with Gasteiger partial charge in [-0.3, -0.25) is 9.69 Å². The van der Waals surface area contributed by atoms with Crippen LogP contribution in [-0.4, -0.2) is 39.6 Å². The van der Waals surface area contributed by atoms with Crippen molar-refractivity contribution in [3.8, 4) is 11.4 Å². The summed E-state index contributed by atoms with van der Waals surface area (Å²) in [6.45, 7) is 3.89. The van der Waals surface area contributed by atoms with E-state index in [1.165, 1.54) is 12.1 Å². The third kappa shape index (κ3) is 3.80. The number of amides is 1. The van der Waals surface area contributed by atoms with Crippen LogP contribution in [0.4, 0.5) is 4.39 Å². The fraction of sp³-hybridized carbons (Fsp3) is 0.231. The maximum Gasteiger partial charge on any atom is 0.293 e. The molecule has 0 N–H and O–H groups in total. The molecule has 5 rings (SSSR count). The Hall–Kier alpha value is -3.87. The van der Waals surface area contributed by atoms with Crippen LogP contribution in [0.3, 0.4) is 0 Å². The number of aryl methyl sites for hydroxylation is 1. The standard InChI is InChI=1S/C26H24FN3O3/c1-16-14-29(15-28-16)23-9-4-18(12-24(23)32-3)13-25-26(31)30-21(17(2)33-25)10-11-22(30)19-5-7-20(27)8-6-19/h4-9,11-15,17,21H,10H2,1-3H3/b25-13-/t17-,21+/m0/s1. The lowest BCUT2D eigenvalue weighted by atomic mass is 10.1. The number of imidazole rings is 1. The van der Waals surface area contributed by atoms with Gasteiger partial charge in [0.1, 0.15) is 17.7 Å². The lowest BCUT2D eigenvalue weighted by Gasteiger charge is -2.38. The first-order chi connectivity index (χ1) is 15.9. The number of carbonyl (C=O) groups is 1. The van der Waals surface area contributed by atoms with Gasteiger partial charge in [0.05, 0.1) is 30.9 Å². The van der Waals surface area contributed by atoms with E-state index in [4.69, 9.17) is 9.47 Å². The van der Waals surface area contributed by atoms with E-state index in [1.54, 1.807) is 36.5 Å². The van der Waals surface area contributed by atoms with Crippen molar-refractivity contribution in [1.29, 1.82) is 0 Å². The van der Waals surface area contributed by atoms with Gasteiger partial charge in [-0.2, -0.15) is 0 Å². The molecule has 1 amide bonds. The van der Waals surface area contributed by atoms with Gasteiger partial charge in [-0.15, -0.1) is 0 Å². The van der Waals surface area contributed by atoms with Crippen LogP contribution in [0.1, 0.15) is 30.2 Å². The van der Waals surface area contributed by atoms with Crippen molar-refractivity contribution in [2.45, 2.75) is 32.4 Å². The molecular weight excluding hydrogens is 421 g/mol. The Morgan fingerprint density at radius 1 is 1.21 bits per heavy atom. The first-order valence-electron chi connectivity index (χ1n) is 10.8. The molecule has 0 spiro atoms. The molecular formula is C26H24FN3O3. The van der Waals surface area contributed by atoms with Gasteiger partial charge in [0.15, 0.2) is 5.76 Å². The molecule has 2 aliphatic rings. The molecule has 1 aromatic heterocycles. The Labute approximate surface area is 191 Å². The van der Waals surface area contributed by atoms with Crippen LogP contribution in [-0.2, 0) is 9.53 Å². The van der Waals surface area contributed by atoms with E-state index in [9.17, 15) is 9.18 Å². The Morgan fingerprint density at radius 2 is 2.00 bits per heavy atom. The molecule has 3 aromatic rings. The third-order valence-corrected chi connectivity index (χ3v) is 6.06. The summed E-state index contributed by atoms with van der Waals surface area (Å²) >= 11 is 0. The predicted octanol–water partition coefficient (Wildman–Crippen LogP) is 4.73. The number of nitrogens with zero attached hydrogens (tertiary/aromatic N) is 3. The molecule has 2 atom stereocenters. The van der Waals surface area contributed by atoms with Crippen LogP contribution in [0.25, 0.3) is 17.5 Å². The molecule has 0 aliphatic carbocycles. The second kappa shape index (κ2) is 8.24. The second-order valence-corrected chi connectivity index (χ2v) is 8.26. The van der Waals surface area contributed by atoms with Crippen molar-refractivity contribution < 1.29 is 18.7 Å². The summed E-state index contributed by atoms with van der Waals surface area (Å²) in [6, 6.07) is 11.8. The lowest BCUT2D eigenvalue weighted by Crippen LogP contribution is -2.48. The third-order valence-electron chi connectivity index (χ3n) is 6.06. The second-order valence-electron chi connectivity index (χ2n) is 8.26. The molecule has 7 heteroatoms. The van der Waals surface area contributed by atoms with Crippen LogP contribution < -0.4 is 4.74 Å². The van der Waals surface area contributed by atoms with Gasteiger partial charge in [0.25, 0.3) is 5.91 Å². The Balaban J connectivity index is 1.47. The number of hydrogen-bond acceptors (Lipinski definition) is 4. The zero-order valence-electron chi connectivity index (χ0n) is 18.7. The summed E-state index contributed by atoms with van der Waals surface area (Å²) in [5.74, 6) is 0.407. The van der Waals surface area contributed by atoms with Gasteiger partial charge in [0, 0.05) is 11.9 Å². The average molecular weight is 445 g/mol. The minimum Gasteiger partial charge on any atom is -0.495 e. The minimum atomic E-state index is -0.306. The Morgan fingerprint density at radius 3 is 2.70 bits per heavy atom. The van der Waals surface area contributed by atoms with Gasteiger partial charge in [-0.1, -0.05) is 12.1 Å². The number of hydrogen-bond donors (Lipinski definition) is 0. The topological polar surface area (TPSA) is 56.6 Å². The number of fused-ring (bicyclic) bond motifs is 1. The monoisotopic (exact) mass is 445 g/mol. The van der Waals surface area contributed by atoms with Gasteiger partial charge < -0.3 is 14.0 Å². The van der Waals surface area contributed by atoms with Gasteiger partial charge in [-0.05, 0) is 73.9 Å². The van der Waals surface area contributed by atoms with Crippen molar-refractivity contribution in [2.24, 2.45) is 0 Å². The number of morpholine rings is 1. The number of halogens is 1. The van der Waals surface area contributed by atoms with E-state index in [1.807, 2.05) is 48.9 Å². The molecule has 1 saturated heterocycles. The SMILES string of the molecule is COc1cc(/C=C2\O[C@@H](C)[C@H]3CC=C(c4ccc(F)cc4)N3C2=O)ccc1-n1cnc(C)c1. The summed E-state index contributed by atoms with van der Waals surface area (Å²) in [6.07, 6.45) is 7.92. The number of benzene rings is 2. The number of aromatic nitrogens is 2. The van der Waals surface area contributed by atoms with E-state index in [0.717, 1.165) is 28.2 Å². The van der Waals surface area contributed by atoms with Crippen molar-refractivity contribution in [2.75, 3.05) is 7.11 Å². The molecule has 0 saturated carbocycles. The molecule has 0 unspecified atom stereocenters. The van der Waals surface area contributed by atoms with Crippen LogP contribution in [0.2, 0.25) is 0 Å². The highest BCUT2D eigenvalue weighted by molar-refractivity contribution is 6.02. The summed E-state index contributed by atoms with van der Waals surface area (Å²) in [7, 11) is 1.61. The van der Waals surface area contributed by atoms with Crippen molar-refractivity contribution in [3.05, 3.63) is 89.5 Å². The number of carbonyl (C=O) groups excluding carboxylic acids is 1. The zero-order valence-corrected chi connectivity index (χ0v) is 18.7. The number of methoxy groups -OCH3 is 1. The lowest BCUT2D eigenvalue weighted by molar-refractivity contribution is -0.138. The molecule has 2 aromatic carbocycles. The molecule has 2 aliphatic heterocycles. The first kappa shape index (κ1) is 21.0. The average Bonchev–Trinajstić information content (AvgIpc) is 3.45. The van der Waals surface area contributed by atoms with Crippen molar-refractivity contribution in [1.82, 2.24) is 14.5 Å². The summed E-state index contributed by atoms with van der Waals surface area (Å²) in [4.78, 5) is 19.5. The number of ether oxygens (including phenoxy) is 2. The molecule has 6 nitrogen and oxygen atoms in total. The van der Waals surface area contributed by atoms with Gasteiger partial charge in [-0.25, -0.2) is 9.37 Å². The molecule has 33 heavy (non-hydrogen) atoms. The highest BCUT2D eigenvalue weighted by Gasteiger charge is 2.42.